The van der Waals surface area contributed by atoms with Gasteiger partial charge in [-0.3, -0.25) is 9.69 Å². The zero-order valence-electron chi connectivity index (χ0n) is 13.9. The quantitative estimate of drug-likeness (QED) is 0.811. The van der Waals surface area contributed by atoms with Gasteiger partial charge in [0.25, 0.3) is 0 Å². The fourth-order valence-electron chi connectivity index (χ4n) is 2.89. The van der Waals surface area contributed by atoms with Gasteiger partial charge < -0.3 is 10.6 Å². The van der Waals surface area contributed by atoms with Gasteiger partial charge in [0.15, 0.2) is 0 Å². The predicted octanol–water partition coefficient (Wildman–Crippen LogP) is 2.14. The molecule has 0 spiro atoms. The van der Waals surface area contributed by atoms with Gasteiger partial charge in [-0.25, -0.2) is 0 Å². The molecule has 122 valence electrons. The number of carbonyl (C=O) groups excluding carboxylic acids is 1. The highest BCUT2D eigenvalue weighted by Crippen LogP contribution is 2.12. The van der Waals surface area contributed by atoms with Crippen LogP contribution in [0.3, 0.4) is 0 Å². The highest BCUT2D eigenvalue weighted by atomic mass is 16.1. The third kappa shape index (κ3) is 5.11. The van der Waals surface area contributed by atoms with Crippen molar-refractivity contribution < 1.29 is 4.79 Å². The third-order valence-electron chi connectivity index (χ3n) is 4.50. The minimum atomic E-state index is 0.184. The minimum absolute atomic E-state index is 0.184. The first-order valence-electron chi connectivity index (χ1n) is 8.51. The third-order valence-corrected chi connectivity index (χ3v) is 4.50. The fourth-order valence-corrected chi connectivity index (χ4v) is 2.89. The van der Waals surface area contributed by atoms with Crippen LogP contribution in [0, 0.1) is 5.92 Å². The smallest absolute Gasteiger partial charge is 0.223 e. The first kappa shape index (κ1) is 17.0. The van der Waals surface area contributed by atoms with Crippen LogP contribution >= 0.6 is 0 Å². The van der Waals surface area contributed by atoms with Gasteiger partial charge in [-0.15, -0.1) is 0 Å². The van der Waals surface area contributed by atoms with Gasteiger partial charge in [-0.2, -0.15) is 0 Å². The maximum Gasteiger partial charge on any atom is 0.223 e. The van der Waals surface area contributed by atoms with E-state index in [-0.39, 0.29) is 11.8 Å². The average molecular weight is 303 g/mol. The fraction of sp³-hybridized carbons (Fsp3) is 0.611. The molecule has 4 nitrogen and oxygen atoms in total. The Labute approximate surface area is 134 Å². The number of hydrogen-bond acceptors (Lipinski definition) is 3. The second-order valence-corrected chi connectivity index (χ2v) is 6.02. The van der Waals surface area contributed by atoms with Crippen molar-refractivity contribution in [2.45, 2.75) is 39.8 Å². The Morgan fingerprint density at radius 1 is 1.14 bits per heavy atom. The van der Waals surface area contributed by atoms with E-state index in [1.165, 1.54) is 11.1 Å². The maximum atomic E-state index is 12.1. The topological polar surface area (TPSA) is 44.4 Å². The van der Waals surface area contributed by atoms with Crippen LogP contribution in [0.2, 0.25) is 0 Å². The van der Waals surface area contributed by atoms with Gasteiger partial charge in [0, 0.05) is 19.0 Å². The van der Waals surface area contributed by atoms with E-state index in [4.69, 9.17) is 0 Å². The largest absolute Gasteiger partial charge is 0.352 e. The molecule has 4 heteroatoms. The molecule has 1 fully saturated rings. The van der Waals surface area contributed by atoms with Crippen LogP contribution < -0.4 is 10.6 Å². The van der Waals surface area contributed by atoms with E-state index in [9.17, 15) is 4.79 Å². The van der Waals surface area contributed by atoms with Crippen LogP contribution in [0.25, 0.3) is 0 Å². The molecule has 2 rings (SSSR count). The lowest BCUT2D eigenvalue weighted by molar-refractivity contribution is -0.125. The van der Waals surface area contributed by atoms with Crippen molar-refractivity contribution in [2.75, 3.05) is 26.2 Å². The summed E-state index contributed by atoms with van der Waals surface area (Å²) in [5.74, 6) is 0.386. The summed E-state index contributed by atoms with van der Waals surface area (Å²) in [5, 5.41) is 6.36. The van der Waals surface area contributed by atoms with Crippen molar-refractivity contribution in [3.8, 4) is 0 Å². The molecule has 0 saturated carbocycles. The standard InChI is InChI=1S/C18H29N3O/c1-3-21(4-2)14-16-7-5-15(6-8-16)13-20-18(22)17-9-11-19-12-10-17/h5-8,17,19H,3-4,9-14H2,1-2H3,(H,20,22). The van der Waals surface area contributed by atoms with Crippen molar-refractivity contribution in [1.29, 1.82) is 0 Å². The lowest BCUT2D eigenvalue weighted by atomic mass is 9.97. The number of hydrogen-bond donors (Lipinski definition) is 2. The number of nitrogens with zero attached hydrogens (tertiary/aromatic N) is 1. The Morgan fingerprint density at radius 2 is 1.73 bits per heavy atom. The first-order chi connectivity index (χ1) is 10.7. The molecule has 2 N–H and O–H groups in total. The molecule has 1 amide bonds. The first-order valence-corrected chi connectivity index (χ1v) is 8.51. The molecule has 0 unspecified atom stereocenters. The van der Waals surface area contributed by atoms with Crippen molar-refractivity contribution in [3.63, 3.8) is 0 Å². The summed E-state index contributed by atoms with van der Waals surface area (Å²) in [6.07, 6.45) is 1.91. The van der Waals surface area contributed by atoms with Crippen LogP contribution in [-0.2, 0) is 17.9 Å². The van der Waals surface area contributed by atoms with E-state index >= 15 is 0 Å². The molecule has 0 aliphatic carbocycles. The van der Waals surface area contributed by atoms with Crippen LogP contribution in [0.5, 0.6) is 0 Å². The van der Waals surface area contributed by atoms with Gasteiger partial charge in [-0.1, -0.05) is 38.1 Å². The van der Waals surface area contributed by atoms with Crippen LogP contribution in [-0.4, -0.2) is 37.0 Å². The second kappa shape index (κ2) is 8.91. The average Bonchev–Trinajstić information content (AvgIpc) is 2.59. The number of nitrogens with one attached hydrogen (secondary N) is 2. The Kier molecular flexibility index (Phi) is 6.87. The number of carbonyl (C=O) groups is 1. The highest BCUT2D eigenvalue weighted by molar-refractivity contribution is 5.78. The normalized spacial score (nSPS) is 16.0. The summed E-state index contributed by atoms with van der Waals surface area (Å²) in [4.78, 5) is 14.5. The lowest BCUT2D eigenvalue weighted by Gasteiger charge is -2.21. The molecule has 1 heterocycles. The SMILES string of the molecule is CCN(CC)Cc1ccc(CNC(=O)C2CCNCC2)cc1. The summed E-state index contributed by atoms with van der Waals surface area (Å²) in [6, 6.07) is 8.59. The minimum Gasteiger partial charge on any atom is -0.352 e. The molecule has 0 radical (unpaired) electrons. The molecule has 1 saturated heterocycles. The van der Waals surface area contributed by atoms with Crippen molar-refractivity contribution in [3.05, 3.63) is 35.4 Å². The van der Waals surface area contributed by atoms with Gasteiger partial charge in [0.2, 0.25) is 5.91 Å². The monoisotopic (exact) mass is 303 g/mol. The molecule has 1 aromatic carbocycles. The predicted molar refractivity (Wildman–Crippen MR) is 90.5 cm³/mol. The molecule has 0 aromatic heterocycles. The zero-order chi connectivity index (χ0) is 15.8. The van der Waals surface area contributed by atoms with Crippen molar-refractivity contribution in [2.24, 2.45) is 5.92 Å². The number of rotatable bonds is 7. The summed E-state index contributed by atoms with van der Waals surface area (Å²) in [6.45, 7) is 10.1. The molecule has 1 aliphatic heterocycles. The maximum absolute atomic E-state index is 12.1. The molecular formula is C18H29N3O. The van der Waals surface area contributed by atoms with E-state index in [2.05, 4.69) is 53.6 Å². The van der Waals surface area contributed by atoms with E-state index < -0.39 is 0 Å². The Hall–Kier alpha value is -1.39. The number of benzene rings is 1. The Morgan fingerprint density at radius 3 is 2.32 bits per heavy atom. The summed E-state index contributed by atoms with van der Waals surface area (Å²) in [5.41, 5.74) is 2.50. The second-order valence-electron chi connectivity index (χ2n) is 6.02. The van der Waals surface area contributed by atoms with Crippen molar-refractivity contribution in [1.82, 2.24) is 15.5 Å². The molecular weight excluding hydrogens is 274 g/mol. The molecule has 1 aliphatic rings. The van der Waals surface area contributed by atoms with E-state index in [0.717, 1.165) is 45.6 Å². The summed E-state index contributed by atoms with van der Waals surface area (Å²) >= 11 is 0. The Bertz CT molecular complexity index is 448. The molecule has 0 atom stereocenters. The lowest BCUT2D eigenvalue weighted by Crippen LogP contribution is -2.37. The summed E-state index contributed by atoms with van der Waals surface area (Å²) in [7, 11) is 0. The van der Waals surface area contributed by atoms with Crippen molar-refractivity contribution >= 4 is 5.91 Å². The van der Waals surface area contributed by atoms with Crippen LogP contribution in [0.4, 0.5) is 0 Å². The van der Waals surface area contributed by atoms with E-state index in [1.807, 2.05) is 0 Å². The van der Waals surface area contributed by atoms with E-state index in [0.29, 0.717) is 6.54 Å². The molecule has 22 heavy (non-hydrogen) atoms. The molecule has 1 aromatic rings. The summed E-state index contributed by atoms with van der Waals surface area (Å²) < 4.78 is 0. The van der Waals surface area contributed by atoms with E-state index in [1.54, 1.807) is 0 Å². The van der Waals surface area contributed by atoms with Gasteiger partial charge in [0.1, 0.15) is 0 Å². The molecule has 0 bridgehead atoms. The zero-order valence-corrected chi connectivity index (χ0v) is 13.9. The Balaban J connectivity index is 1.79. The highest BCUT2D eigenvalue weighted by Gasteiger charge is 2.20. The van der Waals surface area contributed by atoms with Gasteiger partial charge in [-0.05, 0) is 50.1 Å². The van der Waals surface area contributed by atoms with Crippen LogP contribution in [0.15, 0.2) is 24.3 Å². The van der Waals surface area contributed by atoms with Gasteiger partial charge >= 0.3 is 0 Å². The van der Waals surface area contributed by atoms with Gasteiger partial charge in [0.05, 0.1) is 0 Å². The number of amides is 1. The van der Waals surface area contributed by atoms with Crippen LogP contribution in [0.1, 0.15) is 37.8 Å². The number of piperidine rings is 1.